The normalized spacial score (nSPS) is 12.5. The van der Waals surface area contributed by atoms with Gasteiger partial charge in [-0.2, -0.15) is 0 Å². The van der Waals surface area contributed by atoms with Gasteiger partial charge in [0.15, 0.2) is 6.29 Å². The third-order valence-corrected chi connectivity index (χ3v) is 8.47. The second-order valence-electron chi connectivity index (χ2n) is 11.8. The summed E-state index contributed by atoms with van der Waals surface area (Å²) in [5.41, 5.74) is 2.16. The van der Waals surface area contributed by atoms with Crippen molar-refractivity contribution < 1.29 is 33.3 Å². The zero-order valence-corrected chi connectivity index (χ0v) is 28.9. The molecule has 7 rings (SSSR count). The number of rotatable bonds is 10. The molecule has 6 aromatic rings. The van der Waals surface area contributed by atoms with Crippen molar-refractivity contribution in [2.45, 2.75) is 19.4 Å². The second kappa shape index (κ2) is 16.6. The molecule has 2 amide bonds. The Morgan fingerprint density at radius 3 is 1.58 bits per heavy atom. The van der Waals surface area contributed by atoms with E-state index in [1.54, 1.807) is 84.5 Å². The van der Waals surface area contributed by atoms with E-state index in [4.69, 9.17) is 18.9 Å². The molecule has 0 spiro atoms. The van der Waals surface area contributed by atoms with E-state index >= 15 is 0 Å². The van der Waals surface area contributed by atoms with E-state index in [2.05, 4.69) is 10.6 Å². The minimum atomic E-state index is -0.490. The molecular weight excluding hydrogens is 680 g/mol. The van der Waals surface area contributed by atoms with E-state index in [-0.39, 0.29) is 30.1 Å². The van der Waals surface area contributed by atoms with Crippen molar-refractivity contribution in [3.63, 3.8) is 0 Å². The number of hydrogen-bond acceptors (Lipinski definition) is 9. The van der Waals surface area contributed by atoms with Crippen LogP contribution in [0.3, 0.4) is 0 Å². The molecule has 1 aliphatic heterocycles. The van der Waals surface area contributed by atoms with Crippen LogP contribution in [0.25, 0.3) is 21.8 Å². The van der Waals surface area contributed by atoms with Crippen LogP contribution in [0.5, 0.6) is 11.5 Å². The number of carbonyl (C=O) groups excluding carboxylic acids is 3. The molecule has 1 aliphatic rings. The average molecular weight is 717 g/mol. The SMILES string of the molecule is COc1ccc2c(C(=O)Nc3ccccc3)cc(=O)n(CC3OCCO3)c2c1.COc1ccc2c(C(=O)Nc3ccccc3)cc(=O)n(CC=O)c2c1. The van der Waals surface area contributed by atoms with E-state index in [9.17, 15) is 24.0 Å². The Morgan fingerprint density at radius 2 is 1.13 bits per heavy atom. The lowest BCUT2D eigenvalue weighted by atomic mass is 10.1. The first-order valence-corrected chi connectivity index (χ1v) is 16.6. The van der Waals surface area contributed by atoms with Gasteiger partial charge in [-0.15, -0.1) is 0 Å². The Hall–Kier alpha value is -6.57. The lowest BCUT2D eigenvalue weighted by molar-refractivity contribution is -0.108. The summed E-state index contributed by atoms with van der Waals surface area (Å²) in [6, 6.07) is 31.0. The molecule has 13 heteroatoms. The van der Waals surface area contributed by atoms with E-state index in [0.29, 0.717) is 69.7 Å². The van der Waals surface area contributed by atoms with Gasteiger partial charge in [0.1, 0.15) is 17.8 Å². The van der Waals surface area contributed by atoms with E-state index in [1.165, 1.54) is 23.8 Å². The van der Waals surface area contributed by atoms with E-state index in [1.807, 2.05) is 24.3 Å². The summed E-state index contributed by atoms with van der Waals surface area (Å²) < 4.78 is 24.3. The van der Waals surface area contributed by atoms with Crippen LogP contribution in [0.1, 0.15) is 20.7 Å². The number of aromatic nitrogens is 2. The molecule has 270 valence electrons. The molecule has 0 unspecified atom stereocenters. The molecule has 1 saturated heterocycles. The Labute approximate surface area is 303 Å². The highest BCUT2D eigenvalue weighted by atomic mass is 16.7. The highest BCUT2D eigenvalue weighted by Gasteiger charge is 2.21. The van der Waals surface area contributed by atoms with Gasteiger partial charge < -0.3 is 43.5 Å². The molecule has 2 aromatic heterocycles. The monoisotopic (exact) mass is 716 g/mol. The molecule has 0 aliphatic carbocycles. The number of benzene rings is 4. The van der Waals surface area contributed by atoms with Crippen LogP contribution in [-0.4, -0.2) is 61.0 Å². The van der Waals surface area contributed by atoms with Gasteiger partial charge in [0, 0.05) is 46.4 Å². The highest BCUT2D eigenvalue weighted by molar-refractivity contribution is 6.13. The number of hydrogen-bond donors (Lipinski definition) is 2. The smallest absolute Gasteiger partial charge is 0.256 e. The molecule has 0 saturated carbocycles. The summed E-state index contributed by atoms with van der Waals surface area (Å²) >= 11 is 0. The van der Waals surface area contributed by atoms with Crippen molar-refractivity contribution in [1.82, 2.24) is 9.13 Å². The Kier molecular flexibility index (Phi) is 11.4. The Bertz CT molecular complexity index is 2390. The zero-order valence-electron chi connectivity index (χ0n) is 28.9. The van der Waals surface area contributed by atoms with Crippen molar-refractivity contribution in [2.75, 3.05) is 38.1 Å². The fourth-order valence-corrected chi connectivity index (χ4v) is 5.90. The van der Waals surface area contributed by atoms with Gasteiger partial charge in [-0.05, 0) is 48.5 Å². The van der Waals surface area contributed by atoms with Crippen LogP contribution >= 0.6 is 0 Å². The zero-order chi connectivity index (χ0) is 37.3. The molecule has 53 heavy (non-hydrogen) atoms. The largest absolute Gasteiger partial charge is 0.497 e. The number of aldehydes is 1. The van der Waals surface area contributed by atoms with Gasteiger partial charge in [0.05, 0.1) is 62.7 Å². The van der Waals surface area contributed by atoms with Gasteiger partial charge in [-0.1, -0.05) is 36.4 Å². The summed E-state index contributed by atoms with van der Waals surface area (Å²) in [4.78, 5) is 61.6. The first-order chi connectivity index (χ1) is 25.8. The number of methoxy groups -OCH3 is 2. The molecule has 0 atom stereocenters. The van der Waals surface area contributed by atoms with Gasteiger partial charge in [0.25, 0.3) is 22.9 Å². The maximum atomic E-state index is 12.9. The number of pyridine rings is 2. The molecule has 0 bridgehead atoms. The topological polar surface area (TPSA) is 156 Å². The summed E-state index contributed by atoms with van der Waals surface area (Å²) in [6.45, 7) is 1.14. The van der Waals surface area contributed by atoms with Crippen molar-refractivity contribution in [1.29, 1.82) is 0 Å². The first kappa shape index (κ1) is 36.2. The number of nitrogens with zero attached hydrogens (tertiary/aromatic N) is 2. The van der Waals surface area contributed by atoms with E-state index in [0.717, 1.165) is 0 Å². The fraction of sp³-hybridized carbons (Fsp3) is 0.175. The third-order valence-electron chi connectivity index (χ3n) is 8.47. The van der Waals surface area contributed by atoms with Crippen LogP contribution in [0.4, 0.5) is 11.4 Å². The highest BCUT2D eigenvalue weighted by Crippen LogP contribution is 2.26. The third kappa shape index (κ3) is 8.33. The van der Waals surface area contributed by atoms with Crippen molar-refractivity contribution in [3.8, 4) is 11.5 Å². The van der Waals surface area contributed by atoms with Crippen LogP contribution in [0, 0.1) is 0 Å². The van der Waals surface area contributed by atoms with Gasteiger partial charge in [0.2, 0.25) is 0 Å². The Morgan fingerprint density at radius 1 is 0.679 bits per heavy atom. The fourth-order valence-electron chi connectivity index (χ4n) is 5.90. The number of anilines is 2. The number of para-hydroxylation sites is 2. The minimum Gasteiger partial charge on any atom is -0.497 e. The molecule has 3 heterocycles. The van der Waals surface area contributed by atoms with Gasteiger partial charge >= 0.3 is 0 Å². The van der Waals surface area contributed by atoms with Crippen LogP contribution in [-0.2, 0) is 27.4 Å². The molecule has 0 radical (unpaired) electrons. The first-order valence-electron chi connectivity index (χ1n) is 16.6. The lowest BCUT2D eigenvalue weighted by Gasteiger charge is -2.17. The van der Waals surface area contributed by atoms with E-state index < -0.39 is 17.8 Å². The Balaban J connectivity index is 0.000000183. The van der Waals surface area contributed by atoms with Gasteiger partial charge in [-0.25, -0.2) is 0 Å². The molecule has 4 aromatic carbocycles. The van der Waals surface area contributed by atoms with Crippen LogP contribution in [0.15, 0.2) is 119 Å². The number of ether oxygens (including phenoxy) is 4. The quantitative estimate of drug-likeness (QED) is 0.184. The lowest BCUT2D eigenvalue weighted by Crippen LogP contribution is -2.29. The predicted octanol–water partition coefficient (Wildman–Crippen LogP) is 5.10. The minimum absolute atomic E-state index is 0.0942. The predicted molar refractivity (Wildman–Crippen MR) is 200 cm³/mol. The summed E-state index contributed by atoms with van der Waals surface area (Å²) in [6.07, 6.45) is 0.153. The van der Waals surface area contributed by atoms with Crippen LogP contribution in [0.2, 0.25) is 0 Å². The second-order valence-corrected chi connectivity index (χ2v) is 11.8. The standard InChI is InChI=1S/C21H20N2O5.C19H16N2O4/c1-26-15-7-8-16-17(21(25)22-14-5-3-2-4-6-14)12-19(24)23(18(16)11-15)13-20-27-9-10-28-20;1-25-14-7-8-15-16(19(24)20-13-5-3-2-4-6-13)12-18(23)21(9-10-22)17(15)11-14/h2-8,11-12,20H,9-10,13H2,1H3,(H,22,25);2-8,10-12H,9H2,1H3,(H,20,24). The number of nitrogens with one attached hydrogen (secondary N) is 2. The van der Waals surface area contributed by atoms with Crippen LogP contribution < -0.4 is 31.2 Å². The summed E-state index contributed by atoms with van der Waals surface area (Å²) in [5.74, 6) is 0.386. The molecule has 13 nitrogen and oxygen atoms in total. The molecular formula is C40H36N4O9. The number of fused-ring (bicyclic) bond motifs is 2. The summed E-state index contributed by atoms with van der Waals surface area (Å²) in [5, 5.41) is 6.81. The number of carbonyl (C=O) groups is 3. The van der Waals surface area contributed by atoms with Crippen molar-refractivity contribution in [3.05, 3.63) is 141 Å². The van der Waals surface area contributed by atoms with Crippen molar-refractivity contribution in [2.24, 2.45) is 0 Å². The average Bonchev–Trinajstić information content (AvgIpc) is 3.71. The summed E-state index contributed by atoms with van der Waals surface area (Å²) in [7, 11) is 3.06. The maximum Gasteiger partial charge on any atom is 0.256 e. The molecule has 1 fully saturated rings. The number of amides is 2. The van der Waals surface area contributed by atoms with Gasteiger partial charge in [-0.3, -0.25) is 19.2 Å². The maximum absolute atomic E-state index is 12.9. The molecule has 2 N–H and O–H groups in total. The van der Waals surface area contributed by atoms with Crippen molar-refractivity contribution >= 4 is 51.3 Å².